The highest BCUT2D eigenvalue weighted by Crippen LogP contribution is 2.57. The lowest BCUT2D eigenvalue weighted by molar-refractivity contribution is -0.163. The lowest BCUT2D eigenvalue weighted by atomic mass is 9.57. The van der Waals surface area contributed by atoms with Crippen molar-refractivity contribution in [2.75, 3.05) is 6.61 Å². The monoisotopic (exact) mass is 166 g/mol. The predicted molar refractivity (Wildman–Crippen MR) is 43.8 cm³/mol. The van der Waals surface area contributed by atoms with Gasteiger partial charge in [-0.2, -0.15) is 0 Å². The molecule has 0 amide bonds. The number of Topliss-reactive ketones (excluding diaryl/α,β-unsaturated/α-hetero) is 1. The molecule has 2 heteroatoms. The van der Waals surface area contributed by atoms with E-state index in [1.54, 1.807) is 0 Å². The van der Waals surface area contributed by atoms with E-state index in [4.69, 9.17) is 4.74 Å². The Bertz CT molecular complexity index is 228. The van der Waals surface area contributed by atoms with Gasteiger partial charge in [-0.05, 0) is 19.3 Å². The molecule has 2 saturated carbocycles. The van der Waals surface area contributed by atoms with Crippen LogP contribution in [0.1, 0.15) is 32.1 Å². The molecule has 0 aromatic rings. The van der Waals surface area contributed by atoms with Gasteiger partial charge in [-0.1, -0.05) is 12.8 Å². The van der Waals surface area contributed by atoms with Crippen LogP contribution in [0.3, 0.4) is 0 Å². The average Bonchev–Trinajstić information content (AvgIpc) is 2.72. The Kier molecular flexibility index (Phi) is 1.24. The fourth-order valence-corrected chi connectivity index (χ4v) is 3.35. The van der Waals surface area contributed by atoms with Gasteiger partial charge in [-0.15, -0.1) is 0 Å². The van der Waals surface area contributed by atoms with Gasteiger partial charge in [0.1, 0.15) is 5.78 Å². The van der Waals surface area contributed by atoms with E-state index >= 15 is 0 Å². The Morgan fingerprint density at radius 3 is 2.83 bits per heavy atom. The second kappa shape index (κ2) is 2.11. The maximum absolute atomic E-state index is 11.8. The molecule has 1 saturated heterocycles. The largest absolute Gasteiger partial charge is 0.376 e. The number of hydrogen-bond donors (Lipinski definition) is 0. The minimum atomic E-state index is 0.0150. The van der Waals surface area contributed by atoms with Crippen LogP contribution >= 0.6 is 0 Å². The van der Waals surface area contributed by atoms with Gasteiger partial charge in [0.25, 0.3) is 0 Å². The number of fused-ring (bicyclic) bond motifs is 2. The molecule has 3 rings (SSSR count). The smallest absolute Gasteiger partial charge is 0.147 e. The Balaban J connectivity index is 1.92. The summed E-state index contributed by atoms with van der Waals surface area (Å²) >= 11 is 0. The highest BCUT2D eigenvalue weighted by atomic mass is 16.5. The second-order valence-corrected chi connectivity index (χ2v) is 4.41. The van der Waals surface area contributed by atoms with Gasteiger partial charge in [0.15, 0.2) is 0 Å². The van der Waals surface area contributed by atoms with Gasteiger partial charge < -0.3 is 4.74 Å². The molecule has 0 aromatic carbocycles. The van der Waals surface area contributed by atoms with E-state index in [1.807, 2.05) is 0 Å². The molecule has 1 heterocycles. The highest BCUT2D eigenvalue weighted by molar-refractivity contribution is 5.95. The van der Waals surface area contributed by atoms with Gasteiger partial charge in [-0.25, -0.2) is 0 Å². The van der Waals surface area contributed by atoms with Crippen molar-refractivity contribution in [3.05, 3.63) is 0 Å². The normalized spacial score (nSPS) is 43.2. The van der Waals surface area contributed by atoms with Gasteiger partial charge >= 0.3 is 0 Å². The zero-order valence-electron chi connectivity index (χ0n) is 7.21. The molecule has 0 unspecified atom stereocenters. The van der Waals surface area contributed by atoms with E-state index in [-0.39, 0.29) is 5.41 Å². The minimum Gasteiger partial charge on any atom is -0.376 e. The van der Waals surface area contributed by atoms with Crippen LogP contribution in [0.25, 0.3) is 0 Å². The van der Waals surface area contributed by atoms with E-state index in [9.17, 15) is 4.79 Å². The molecule has 2 aliphatic carbocycles. The van der Waals surface area contributed by atoms with Gasteiger partial charge in [0.2, 0.25) is 0 Å². The number of hydrogen-bond acceptors (Lipinski definition) is 2. The number of rotatable bonds is 0. The van der Waals surface area contributed by atoms with Crippen molar-refractivity contribution in [2.45, 2.75) is 38.2 Å². The molecule has 2 nitrogen and oxygen atoms in total. The minimum absolute atomic E-state index is 0.0150. The van der Waals surface area contributed by atoms with Crippen molar-refractivity contribution in [3.63, 3.8) is 0 Å². The first-order valence-corrected chi connectivity index (χ1v) is 5.00. The van der Waals surface area contributed by atoms with Crippen LogP contribution in [0.15, 0.2) is 0 Å². The van der Waals surface area contributed by atoms with Crippen LogP contribution < -0.4 is 0 Å². The van der Waals surface area contributed by atoms with Crippen molar-refractivity contribution in [1.29, 1.82) is 0 Å². The predicted octanol–water partition coefficient (Wildman–Crippen LogP) is 1.53. The SMILES string of the molecule is O=C1[C@H]2CCO[C@@H]2C12CCCC2. The molecule has 1 aliphatic heterocycles. The highest BCUT2D eigenvalue weighted by Gasteiger charge is 2.64. The zero-order chi connectivity index (χ0) is 8.18. The molecular weight excluding hydrogens is 152 g/mol. The molecule has 0 radical (unpaired) electrons. The summed E-state index contributed by atoms with van der Waals surface area (Å²) in [6.45, 7) is 0.822. The van der Waals surface area contributed by atoms with E-state index < -0.39 is 0 Å². The lowest BCUT2D eigenvalue weighted by Crippen LogP contribution is -2.58. The lowest BCUT2D eigenvalue weighted by Gasteiger charge is -2.47. The van der Waals surface area contributed by atoms with Crippen molar-refractivity contribution < 1.29 is 9.53 Å². The standard InChI is InChI=1S/C10H14O2/c11-8-7-3-6-12-9(7)10(8)4-1-2-5-10/h7,9H,1-6H2/t7-,9+/m1/s1. The fraction of sp³-hybridized carbons (Fsp3) is 0.900. The second-order valence-electron chi connectivity index (χ2n) is 4.41. The van der Waals surface area contributed by atoms with Crippen LogP contribution in [-0.2, 0) is 9.53 Å². The third-order valence-electron chi connectivity index (χ3n) is 3.96. The summed E-state index contributed by atoms with van der Waals surface area (Å²) in [7, 11) is 0. The first kappa shape index (κ1) is 7.07. The van der Waals surface area contributed by atoms with E-state index in [0.29, 0.717) is 17.8 Å². The summed E-state index contributed by atoms with van der Waals surface area (Å²) in [5.41, 5.74) is 0.0150. The van der Waals surface area contributed by atoms with Crippen LogP contribution in [0, 0.1) is 11.3 Å². The molecule has 3 fully saturated rings. The number of carbonyl (C=O) groups is 1. The first-order valence-electron chi connectivity index (χ1n) is 5.00. The van der Waals surface area contributed by atoms with Crippen molar-refractivity contribution >= 4 is 5.78 Å². The van der Waals surface area contributed by atoms with E-state index in [0.717, 1.165) is 25.9 Å². The summed E-state index contributed by atoms with van der Waals surface area (Å²) in [6, 6.07) is 0. The van der Waals surface area contributed by atoms with Crippen LogP contribution in [-0.4, -0.2) is 18.5 Å². The van der Waals surface area contributed by atoms with Gasteiger partial charge in [0.05, 0.1) is 11.5 Å². The molecule has 3 aliphatic rings. The van der Waals surface area contributed by atoms with Gasteiger partial charge in [-0.3, -0.25) is 4.79 Å². The van der Waals surface area contributed by atoms with Gasteiger partial charge in [0, 0.05) is 12.5 Å². The zero-order valence-corrected chi connectivity index (χ0v) is 7.21. The summed E-state index contributed by atoms with van der Waals surface area (Å²) in [6.07, 6.45) is 5.99. The van der Waals surface area contributed by atoms with Crippen molar-refractivity contribution in [2.24, 2.45) is 11.3 Å². The third-order valence-corrected chi connectivity index (χ3v) is 3.96. The number of ketones is 1. The Labute approximate surface area is 72.3 Å². The fourth-order valence-electron chi connectivity index (χ4n) is 3.35. The van der Waals surface area contributed by atoms with Crippen LogP contribution in [0.2, 0.25) is 0 Å². The van der Waals surface area contributed by atoms with Crippen molar-refractivity contribution in [1.82, 2.24) is 0 Å². The molecule has 1 spiro atoms. The summed E-state index contributed by atoms with van der Waals surface area (Å²) in [4.78, 5) is 11.8. The molecule has 12 heavy (non-hydrogen) atoms. The Morgan fingerprint density at radius 1 is 1.33 bits per heavy atom. The molecule has 2 atom stereocenters. The Morgan fingerprint density at radius 2 is 2.08 bits per heavy atom. The molecule has 0 aromatic heterocycles. The van der Waals surface area contributed by atoms with Crippen molar-refractivity contribution in [3.8, 4) is 0 Å². The molecule has 0 N–H and O–H groups in total. The molecular formula is C10H14O2. The van der Waals surface area contributed by atoms with Crippen LogP contribution in [0.5, 0.6) is 0 Å². The van der Waals surface area contributed by atoms with E-state index in [1.165, 1.54) is 12.8 Å². The quantitative estimate of drug-likeness (QED) is 0.545. The number of carbonyl (C=O) groups excluding carboxylic acids is 1. The maximum atomic E-state index is 11.8. The summed E-state index contributed by atoms with van der Waals surface area (Å²) in [5, 5.41) is 0. The summed E-state index contributed by atoms with van der Waals surface area (Å²) < 4.78 is 5.64. The van der Waals surface area contributed by atoms with E-state index in [2.05, 4.69) is 0 Å². The molecule has 66 valence electrons. The first-order chi connectivity index (χ1) is 5.84. The Hall–Kier alpha value is -0.370. The third kappa shape index (κ3) is 0.598. The topological polar surface area (TPSA) is 26.3 Å². The average molecular weight is 166 g/mol. The van der Waals surface area contributed by atoms with Crippen LogP contribution in [0.4, 0.5) is 0 Å². The number of ether oxygens (including phenoxy) is 1. The summed E-state index contributed by atoms with van der Waals surface area (Å²) in [5.74, 6) is 0.825. The maximum Gasteiger partial charge on any atom is 0.147 e. The molecule has 0 bridgehead atoms.